The molecule has 0 radical (unpaired) electrons. The van der Waals surface area contributed by atoms with Crippen molar-refractivity contribution in [2.75, 3.05) is 14.2 Å². The van der Waals surface area contributed by atoms with Crippen LogP contribution in [-0.4, -0.2) is 31.1 Å². The van der Waals surface area contributed by atoms with E-state index in [1.807, 2.05) is 6.07 Å². The number of ether oxygens (including phenoxy) is 1. The Morgan fingerprint density at radius 1 is 1.25 bits per heavy atom. The lowest BCUT2D eigenvalue weighted by Gasteiger charge is -2.39. The van der Waals surface area contributed by atoms with Gasteiger partial charge in [0.2, 0.25) is 0 Å². The van der Waals surface area contributed by atoms with Gasteiger partial charge in [-0.25, -0.2) is 0 Å². The van der Waals surface area contributed by atoms with Crippen LogP contribution < -0.4 is 10.5 Å². The summed E-state index contributed by atoms with van der Waals surface area (Å²) in [4.78, 5) is 2.57. The Morgan fingerprint density at radius 2 is 1.90 bits per heavy atom. The van der Waals surface area contributed by atoms with E-state index in [0.29, 0.717) is 5.92 Å². The van der Waals surface area contributed by atoms with Crippen molar-refractivity contribution in [3.05, 3.63) is 29.3 Å². The number of nitrogens with zero attached hydrogens (tertiary/aromatic N) is 1. The van der Waals surface area contributed by atoms with Crippen molar-refractivity contribution in [3.63, 3.8) is 0 Å². The van der Waals surface area contributed by atoms with E-state index in [2.05, 4.69) is 31.0 Å². The Labute approximate surface area is 122 Å². The maximum Gasteiger partial charge on any atom is 0.123 e. The van der Waals surface area contributed by atoms with Gasteiger partial charge in [0.1, 0.15) is 5.75 Å². The Kier molecular flexibility index (Phi) is 3.74. The molecule has 0 aromatic heterocycles. The van der Waals surface area contributed by atoms with Crippen molar-refractivity contribution in [1.82, 2.24) is 4.90 Å². The fourth-order valence-corrected chi connectivity index (χ4v) is 4.12. The molecule has 1 aromatic carbocycles. The summed E-state index contributed by atoms with van der Waals surface area (Å²) in [5.41, 5.74) is 9.05. The van der Waals surface area contributed by atoms with Gasteiger partial charge in [-0.1, -0.05) is 17.7 Å². The van der Waals surface area contributed by atoms with Crippen LogP contribution in [0.5, 0.6) is 5.75 Å². The highest BCUT2D eigenvalue weighted by molar-refractivity contribution is 5.39. The first kappa shape index (κ1) is 13.9. The lowest BCUT2D eigenvalue weighted by molar-refractivity contribution is 0.120. The topological polar surface area (TPSA) is 38.5 Å². The molecule has 2 fully saturated rings. The number of hydrogen-bond donors (Lipinski definition) is 1. The molecule has 3 heteroatoms. The van der Waals surface area contributed by atoms with Crippen molar-refractivity contribution in [2.45, 2.75) is 50.7 Å². The average molecular weight is 274 g/mol. The van der Waals surface area contributed by atoms with E-state index in [-0.39, 0.29) is 6.04 Å². The zero-order chi connectivity index (χ0) is 14.3. The second-order valence-corrected chi connectivity index (χ2v) is 6.55. The number of piperidine rings is 1. The van der Waals surface area contributed by atoms with Crippen LogP contribution in [-0.2, 0) is 0 Å². The minimum atomic E-state index is 0.0987. The Bertz CT molecular complexity index is 474. The summed E-state index contributed by atoms with van der Waals surface area (Å²) in [5.74, 6) is 1.52. The number of benzene rings is 1. The highest BCUT2D eigenvalue weighted by Crippen LogP contribution is 2.43. The first-order valence-electron chi connectivity index (χ1n) is 7.72. The minimum Gasteiger partial charge on any atom is -0.496 e. The number of fused-ring (bicyclic) bond motifs is 2. The highest BCUT2D eigenvalue weighted by Gasteiger charge is 2.40. The minimum absolute atomic E-state index is 0.0987. The van der Waals surface area contributed by atoms with Gasteiger partial charge in [-0.2, -0.15) is 0 Å². The molecule has 3 nitrogen and oxygen atoms in total. The SMILES string of the molecule is COc1ccc(C)cc1C(N)C1CC2CCC(C1)N2C. The van der Waals surface area contributed by atoms with Crippen molar-refractivity contribution in [3.8, 4) is 5.75 Å². The Hall–Kier alpha value is -1.06. The zero-order valence-corrected chi connectivity index (χ0v) is 12.8. The first-order valence-corrected chi connectivity index (χ1v) is 7.72. The van der Waals surface area contributed by atoms with Crippen LogP contribution in [0.3, 0.4) is 0 Å². The molecule has 2 saturated heterocycles. The lowest BCUT2D eigenvalue weighted by atomic mass is 9.82. The van der Waals surface area contributed by atoms with Crippen LogP contribution >= 0.6 is 0 Å². The smallest absolute Gasteiger partial charge is 0.123 e. The largest absolute Gasteiger partial charge is 0.496 e. The predicted octanol–water partition coefficient (Wildman–Crippen LogP) is 2.88. The predicted molar refractivity (Wildman–Crippen MR) is 82.0 cm³/mol. The van der Waals surface area contributed by atoms with Crippen LogP contribution in [0.2, 0.25) is 0 Å². The van der Waals surface area contributed by atoms with Gasteiger partial charge in [0.15, 0.2) is 0 Å². The van der Waals surface area contributed by atoms with E-state index < -0.39 is 0 Å². The molecular formula is C17H26N2O. The van der Waals surface area contributed by atoms with E-state index in [1.54, 1.807) is 7.11 Å². The monoisotopic (exact) mass is 274 g/mol. The summed E-state index contributed by atoms with van der Waals surface area (Å²) < 4.78 is 5.51. The van der Waals surface area contributed by atoms with Crippen LogP contribution in [0.25, 0.3) is 0 Å². The maximum absolute atomic E-state index is 6.61. The second-order valence-electron chi connectivity index (χ2n) is 6.55. The van der Waals surface area contributed by atoms with Crippen LogP contribution in [0.4, 0.5) is 0 Å². The zero-order valence-electron chi connectivity index (χ0n) is 12.8. The number of methoxy groups -OCH3 is 1. The maximum atomic E-state index is 6.61. The molecule has 2 aliphatic rings. The molecule has 3 unspecified atom stereocenters. The van der Waals surface area contributed by atoms with Gasteiger partial charge in [0.25, 0.3) is 0 Å². The fraction of sp³-hybridized carbons (Fsp3) is 0.647. The van der Waals surface area contributed by atoms with Crippen molar-refractivity contribution < 1.29 is 4.74 Å². The van der Waals surface area contributed by atoms with E-state index in [0.717, 1.165) is 17.8 Å². The normalized spacial score (nSPS) is 31.3. The average Bonchev–Trinajstić information content (AvgIpc) is 2.68. The van der Waals surface area contributed by atoms with Gasteiger partial charge in [0, 0.05) is 23.7 Å². The van der Waals surface area contributed by atoms with E-state index in [9.17, 15) is 0 Å². The Balaban J connectivity index is 1.83. The molecule has 1 aromatic rings. The number of nitrogens with two attached hydrogens (primary N) is 1. The number of rotatable bonds is 3. The molecule has 0 aliphatic carbocycles. The quantitative estimate of drug-likeness (QED) is 0.921. The summed E-state index contributed by atoms with van der Waals surface area (Å²) in [5, 5.41) is 0. The molecular weight excluding hydrogens is 248 g/mol. The summed E-state index contributed by atoms with van der Waals surface area (Å²) >= 11 is 0. The summed E-state index contributed by atoms with van der Waals surface area (Å²) in [6, 6.07) is 7.91. The summed E-state index contributed by atoms with van der Waals surface area (Å²) in [7, 11) is 4.01. The van der Waals surface area contributed by atoms with E-state index >= 15 is 0 Å². The molecule has 2 aliphatic heterocycles. The molecule has 2 heterocycles. The number of hydrogen-bond acceptors (Lipinski definition) is 3. The molecule has 0 amide bonds. The Morgan fingerprint density at radius 3 is 2.50 bits per heavy atom. The van der Waals surface area contributed by atoms with E-state index in [1.165, 1.54) is 36.8 Å². The third kappa shape index (κ3) is 2.33. The van der Waals surface area contributed by atoms with Crippen LogP contribution in [0.15, 0.2) is 18.2 Å². The van der Waals surface area contributed by atoms with Gasteiger partial charge in [0.05, 0.1) is 7.11 Å². The van der Waals surface area contributed by atoms with Crippen molar-refractivity contribution >= 4 is 0 Å². The third-order valence-electron chi connectivity index (χ3n) is 5.39. The van der Waals surface area contributed by atoms with Gasteiger partial charge >= 0.3 is 0 Å². The molecule has 20 heavy (non-hydrogen) atoms. The van der Waals surface area contributed by atoms with Gasteiger partial charge in [-0.15, -0.1) is 0 Å². The molecule has 3 rings (SSSR count). The standard InChI is InChI=1S/C17H26N2O/c1-11-4-7-16(20-3)15(8-11)17(18)12-9-13-5-6-14(10-12)19(13)2/h4,7-8,12-14,17H,5-6,9-10,18H2,1-3H3. The second kappa shape index (κ2) is 5.38. The molecule has 110 valence electrons. The molecule has 2 N–H and O–H groups in total. The van der Waals surface area contributed by atoms with Crippen molar-refractivity contribution in [1.29, 1.82) is 0 Å². The van der Waals surface area contributed by atoms with Crippen LogP contribution in [0.1, 0.15) is 42.9 Å². The molecule has 3 atom stereocenters. The molecule has 2 bridgehead atoms. The van der Waals surface area contributed by atoms with Gasteiger partial charge in [-0.05, 0) is 51.6 Å². The fourth-order valence-electron chi connectivity index (χ4n) is 4.12. The van der Waals surface area contributed by atoms with E-state index in [4.69, 9.17) is 10.5 Å². The van der Waals surface area contributed by atoms with Crippen molar-refractivity contribution in [2.24, 2.45) is 11.7 Å². The third-order valence-corrected chi connectivity index (χ3v) is 5.39. The lowest BCUT2D eigenvalue weighted by Crippen LogP contribution is -2.42. The molecule has 0 spiro atoms. The highest BCUT2D eigenvalue weighted by atomic mass is 16.5. The number of aryl methyl sites for hydroxylation is 1. The van der Waals surface area contributed by atoms with Gasteiger partial charge < -0.3 is 15.4 Å². The summed E-state index contributed by atoms with van der Waals surface area (Å²) in [6.07, 6.45) is 5.14. The summed E-state index contributed by atoms with van der Waals surface area (Å²) in [6.45, 7) is 2.12. The van der Waals surface area contributed by atoms with Crippen LogP contribution in [0, 0.1) is 12.8 Å². The molecule has 0 saturated carbocycles. The first-order chi connectivity index (χ1) is 9.60. The van der Waals surface area contributed by atoms with Gasteiger partial charge in [-0.3, -0.25) is 0 Å².